The van der Waals surface area contributed by atoms with Gasteiger partial charge < -0.3 is 14.2 Å². The molecule has 2 aromatic carbocycles. The van der Waals surface area contributed by atoms with E-state index < -0.39 is 5.79 Å². The summed E-state index contributed by atoms with van der Waals surface area (Å²) in [5.74, 6) is 0.127. The van der Waals surface area contributed by atoms with Crippen molar-refractivity contribution in [2.75, 3.05) is 6.61 Å². The van der Waals surface area contributed by atoms with Gasteiger partial charge in [0.15, 0.2) is 18.1 Å². The molecule has 0 saturated heterocycles. The average Bonchev–Trinajstić information content (AvgIpc) is 2.83. The van der Waals surface area contributed by atoms with E-state index in [9.17, 15) is 4.79 Å². The van der Waals surface area contributed by atoms with Gasteiger partial charge in [-0.25, -0.2) is 0 Å². The molecule has 2 aliphatic rings. The van der Waals surface area contributed by atoms with Gasteiger partial charge >= 0.3 is 5.79 Å². The molecule has 4 heteroatoms. The molecular formula is C15H10O4. The Kier molecular flexibility index (Phi) is 1.93. The second-order valence-electron chi connectivity index (χ2n) is 4.52. The van der Waals surface area contributed by atoms with Crippen LogP contribution in [0.4, 0.5) is 0 Å². The van der Waals surface area contributed by atoms with Crippen LogP contribution in [0.3, 0.4) is 0 Å². The molecule has 4 rings (SSSR count). The molecule has 2 heterocycles. The first-order valence-corrected chi connectivity index (χ1v) is 6.02. The maximum Gasteiger partial charge on any atom is 0.352 e. The molecule has 2 aliphatic heterocycles. The normalized spacial score (nSPS) is 18.0. The Morgan fingerprint density at radius 3 is 2.11 bits per heavy atom. The highest BCUT2D eigenvalue weighted by Gasteiger charge is 2.53. The smallest absolute Gasteiger partial charge is 0.352 e. The zero-order valence-electron chi connectivity index (χ0n) is 9.96. The fourth-order valence-electron chi connectivity index (χ4n) is 2.37. The van der Waals surface area contributed by atoms with Crippen molar-refractivity contribution in [3.63, 3.8) is 0 Å². The Morgan fingerprint density at radius 2 is 1.42 bits per heavy atom. The average molecular weight is 254 g/mol. The van der Waals surface area contributed by atoms with E-state index in [0.29, 0.717) is 22.8 Å². The molecule has 2 aromatic rings. The van der Waals surface area contributed by atoms with Crippen LogP contribution in [-0.4, -0.2) is 18.2 Å². The summed E-state index contributed by atoms with van der Waals surface area (Å²) in [5.41, 5.74) is 0.488. The lowest BCUT2D eigenvalue weighted by molar-refractivity contribution is -0.0809. The highest BCUT2D eigenvalue weighted by Crippen LogP contribution is 2.43. The molecule has 0 amide bonds. The molecule has 94 valence electrons. The number of hydrogen-bond donors (Lipinski definition) is 0. The highest BCUT2D eigenvalue weighted by molar-refractivity contribution is 6.05. The van der Waals surface area contributed by atoms with Gasteiger partial charge in [0.2, 0.25) is 0 Å². The van der Waals surface area contributed by atoms with Gasteiger partial charge in [0.1, 0.15) is 5.75 Å². The minimum Gasteiger partial charge on any atom is -0.484 e. The van der Waals surface area contributed by atoms with Gasteiger partial charge in [0.05, 0.1) is 5.56 Å². The molecule has 0 fully saturated rings. The minimum atomic E-state index is -1.38. The van der Waals surface area contributed by atoms with Crippen LogP contribution in [0.1, 0.15) is 10.4 Å². The van der Waals surface area contributed by atoms with E-state index >= 15 is 0 Å². The van der Waals surface area contributed by atoms with E-state index in [-0.39, 0.29) is 12.4 Å². The largest absolute Gasteiger partial charge is 0.484 e. The standard InChI is InChI=1S/C15H10O4/c16-14-10-5-1-2-6-11(10)17-9-15(14)18-12-7-3-4-8-13(12)19-15/h1-8H,9H2. The number of rotatable bonds is 0. The number of para-hydroxylation sites is 3. The second kappa shape index (κ2) is 3.51. The van der Waals surface area contributed by atoms with Gasteiger partial charge in [0.25, 0.3) is 5.78 Å². The lowest BCUT2D eigenvalue weighted by Crippen LogP contribution is -2.54. The van der Waals surface area contributed by atoms with Crippen molar-refractivity contribution in [1.82, 2.24) is 0 Å². The first-order valence-electron chi connectivity index (χ1n) is 6.02. The maximum atomic E-state index is 12.6. The van der Waals surface area contributed by atoms with Gasteiger partial charge in [-0.3, -0.25) is 4.79 Å². The lowest BCUT2D eigenvalue weighted by atomic mass is 10.00. The van der Waals surface area contributed by atoms with E-state index in [1.807, 2.05) is 18.2 Å². The quantitative estimate of drug-likeness (QED) is 0.724. The first kappa shape index (κ1) is 10.4. The Hall–Kier alpha value is -2.49. The topological polar surface area (TPSA) is 44.8 Å². The molecular weight excluding hydrogens is 244 g/mol. The zero-order chi connectivity index (χ0) is 12.9. The van der Waals surface area contributed by atoms with Gasteiger partial charge in [-0.15, -0.1) is 0 Å². The van der Waals surface area contributed by atoms with Crippen molar-refractivity contribution < 1.29 is 19.0 Å². The van der Waals surface area contributed by atoms with Crippen molar-refractivity contribution in [3.05, 3.63) is 54.1 Å². The number of Topliss-reactive ketones (excluding diaryl/α,β-unsaturated/α-hetero) is 1. The Balaban J connectivity index is 1.78. The molecule has 0 bridgehead atoms. The number of ketones is 1. The monoisotopic (exact) mass is 254 g/mol. The summed E-state index contributed by atoms with van der Waals surface area (Å²) < 4.78 is 17.0. The van der Waals surface area contributed by atoms with Crippen LogP contribution in [0.25, 0.3) is 0 Å². The first-order chi connectivity index (χ1) is 9.28. The Morgan fingerprint density at radius 1 is 0.842 bits per heavy atom. The molecule has 0 atom stereocenters. The summed E-state index contributed by atoms with van der Waals surface area (Å²) in [5, 5.41) is 0. The number of carbonyl (C=O) groups is 1. The number of fused-ring (bicyclic) bond motifs is 2. The third-order valence-electron chi connectivity index (χ3n) is 3.29. The molecule has 0 saturated carbocycles. The Labute approximate surface area is 109 Å². The number of ether oxygens (including phenoxy) is 3. The summed E-state index contributed by atoms with van der Waals surface area (Å²) in [7, 11) is 0. The van der Waals surface area contributed by atoms with Gasteiger partial charge in [-0.2, -0.15) is 0 Å². The van der Waals surface area contributed by atoms with Crippen molar-refractivity contribution in [2.24, 2.45) is 0 Å². The summed E-state index contributed by atoms with van der Waals surface area (Å²) in [6.45, 7) is 0.0531. The summed E-state index contributed by atoms with van der Waals surface area (Å²) in [6.07, 6.45) is 0. The van der Waals surface area contributed by atoms with Crippen LogP contribution in [0.2, 0.25) is 0 Å². The maximum absolute atomic E-state index is 12.6. The summed E-state index contributed by atoms with van der Waals surface area (Å²) >= 11 is 0. The van der Waals surface area contributed by atoms with E-state index in [1.165, 1.54) is 0 Å². The van der Waals surface area contributed by atoms with Crippen LogP contribution in [0.15, 0.2) is 48.5 Å². The van der Waals surface area contributed by atoms with Gasteiger partial charge in [0, 0.05) is 0 Å². The molecule has 4 nitrogen and oxygen atoms in total. The van der Waals surface area contributed by atoms with Crippen LogP contribution in [0, 0.1) is 0 Å². The minimum absolute atomic E-state index is 0.0531. The molecule has 1 spiro atoms. The molecule has 0 unspecified atom stereocenters. The van der Waals surface area contributed by atoms with Gasteiger partial charge in [-0.05, 0) is 24.3 Å². The highest BCUT2D eigenvalue weighted by atomic mass is 16.8. The second-order valence-corrected chi connectivity index (χ2v) is 4.52. The van der Waals surface area contributed by atoms with E-state index in [2.05, 4.69) is 0 Å². The van der Waals surface area contributed by atoms with Crippen LogP contribution in [-0.2, 0) is 0 Å². The molecule has 0 aromatic heterocycles. The summed E-state index contributed by atoms with van der Waals surface area (Å²) in [4.78, 5) is 12.6. The fourth-order valence-corrected chi connectivity index (χ4v) is 2.37. The predicted molar refractivity (Wildman–Crippen MR) is 66.7 cm³/mol. The molecule has 0 aliphatic carbocycles. The third-order valence-corrected chi connectivity index (χ3v) is 3.29. The van der Waals surface area contributed by atoms with Crippen molar-refractivity contribution in [2.45, 2.75) is 5.79 Å². The summed E-state index contributed by atoms with van der Waals surface area (Å²) in [6, 6.07) is 14.3. The van der Waals surface area contributed by atoms with E-state index in [1.54, 1.807) is 30.3 Å². The van der Waals surface area contributed by atoms with Crippen molar-refractivity contribution >= 4 is 5.78 Å². The van der Waals surface area contributed by atoms with E-state index in [0.717, 1.165) is 0 Å². The third kappa shape index (κ3) is 1.37. The van der Waals surface area contributed by atoms with Crippen LogP contribution in [0.5, 0.6) is 17.2 Å². The predicted octanol–water partition coefficient (Wildman–Crippen LogP) is 2.43. The number of carbonyl (C=O) groups excluding carboxylic acids is 1. The number of hydrogen-bond acceptors (Lipinski definition) is 4. The van der Waals surface area contributed by atoms with Crippen molar-refractivity contribution in [1.29, 1.82) is 0 Å². The molecule has 0 radical (unpaired) electrons. The fraction of sp³-hybridized carbons (Fsp3) is 0.133. The zero-order valence-corrected chi connectivity index (χ0v) is 9.96. The van der Waals surface area contributed by atoms with Crippen molar-refractivity contribution in [3.8, 4) is 17.2 Å². The van der Waals surface area contributed by atoms with Crippen LogP contribution >= 0.6 is 0 Å². The van der Waals surface area contributed by atoms with Gasteiger partial charge in [-0.1, -0.05) is 24.3 Å². The molecule has 0 N–H and O–H groups in total. The van der Waals surface area contributed by atoms with Crippen LogP contribution < -0.4 is 14.2 Å². The Bertz CT molecular complexity index is 652. The SMILES string of the molecule is O=C1c2ccccc2OCC12Oc1ccccc1O2. The number of benzene rings is 2. The van der Waals surface area contributed by atoms with E-state index in [4.69, 9.17) is 14.2 Å². The lowest BCUT2D eigenvalue weighted by Gasteiger charge is -2.30. The molecule has 19 heavy (non-hydrogen) atoms.